The first-order valence-corrected chi connectivity index (χ1v) is 4.79. The molecule has 0 aliphatic carbocycles. The molecule has 5 heteroatoms. The molecule has 0 saturated carbocycles. The van der Waals surface area contributed by atoms with E-state index >= 15 is 0 Å². The Morgan fingerprint density at radius 3 is 2.69 bits per heavy atom. The minimum atomic E-state index is -0.395. The van der Waals surface area contributed by atoms with Crippen molar-refractivity contribution in [1.29, 1.82) is 0 Å². The maximum atomic E-state index is 10.6. The van der Waals surface area contributed by atoms with Gasteiger partial charge in [0.2, 0.25) is 0 Å². The smallest absolute Gasteiger partial charge is 0.282 e. The Bertz CT molecular complexity index is 339. The van der Waals surface area contributed by atoms with Gasteiger partial charge in [-0.2, -0.15) is 0 Å². The van der Waals surface area contributed by atoms with Crippen LogP contribution in [0.15, 0.2) is 18.2 Å². The lowest BCUT2D eigenvalue weighted by Gasteiger charge is -2.05. The van der Waals surface area contributed by atoms with Gasteiger partial charge in [-0.3, -0.25) is 10.1 Å². The Morgan fingerprint density at radius 1 is 1.62 bits per heavy atom. The van der Waals surface area contributed by atoms with Crippen LogP contribution < -0.4 is 5.73 Å². The minimum Gasteiger partial charge on any atom is -0.324 e. The Kier molecular flexibility index (Phi) is 3.21. The number of halogens is 1. The largest absolute Gasteiger partial charge is 0.324 e. The number of nitro benzene ring substituents is 1. The number of nitro groups is 1. The van der Waals surface area contributed by atoms with Crippen molar-refractivity contribution < 1.29 is 4.92 Å². The van der Waals surface area contributed by atoms with Gasteiger partial charge in [-0.25, -0.2) is 0 Å². The van der Waals surface area contributed by atoms with E-state index in [-0.39, 0.29) is 11.7 Å². The predicted molar refractivity (Wildman–Crippen MR) is 58.4 cm³/mol. The van der Waals surface area contributed by atoms with E-state index in [0.717, 1.165) is 5.56 Å². The van der Waals surface area contributed by atoms with E-state index in [1.807, 2.05) is 22.6 Å². The molecule has 1 aromatic carbocycles. The Morgan fingerprint density at radius 2 is 2.23 bits per heavy atom. The molecule has 0 unspecified atom stereocenters. The third-order valence-corrected chi connectivity index (χ3v) is 2.60. The molecule has 1 aromatic rings. The maximum Gasteiger partial charge on any atom is 0.282 e. The molecule has 70 valence electrons. The highest BCUT2D eigenvalue weighted by molar-refractivity contribution is 14.1. The molecule has 0 spiro atoms. The third kappa shape index (κ3) is 2.38. The molecule has 13 heavy (non-hydrogen) atoms. The summed E-state index contributed by atoms with van der Waals surface area (Å²) in [5, 5.41) is 10.6. The number of rotatable bonds is 2. The molecule has 0 radical (unpaired) electrons. The molecular formula is C8H9IN2O2. The molecule has 1 rings (SSSR count). The number of benzene rings is 1. The van der Waals surface area contributed by atoms with Crippen molar-refractivity contribution in [1.82, 2.24) is 0 Å². The summed E-state index contributed by atoms with van der Waals surface area (Å²) in [6.07, 6.45) is 0. The zero-order chi connectivity index (χ0) is 10.0. The maximum absolute atomic E-state index is 10.6. The molecule has 0 bridgehead atoms. The molecular weight excluding hydrogens is 283 g/mol. The van der Waals surface area contributed by atoms with Gasteiger partial charge < -0.3 is 5.73 Å². The third-order valence-electron chi connectivity index (χ3n) is 1.69. The van der Waals surface area contributed by atoms with Crippen LogP contribution >= 0.6 is 22.6 Å². The summed E-state index contributed by atoms with van der Waals surface area (Å²) < 4.78 is 0.631. The molecule has 1 atom stereocenters. The van der Waals surface area contributed by atoms with Gasteiger partial charge in [-0.1, -0.05) is 6.07 Å². The summed E-state index contributed by atoms with van der Waals surface area (Å²) in [4.78, 5) is 10.2. The van der Waals surface area contributed by atoms with E-state index in [9.17, 15) is 10.1 Å². The average Bonchev–Trinajstić information content (AvgIpc) is 2.04. The minimum absolute atomic E-state index is 0.121. The number of hydrogen-bond acceptors (Lipinski definition) is 3. The molecule has 0 aliphatic heterocycles. The SMILES string of the molecule is C[C@@H](N)c1ccc(I)c([N+](=O)[O-])c1. The monoisotopic (exact) mass is 292 g/mol. The van der Waals surface area contributed by atoms with Crippen LogP contribution in [0.5, 0.6) is 0 Å². The first kappa shape index (κ1) is 10.4. The van der Waals surface area contributed by atoms with Crippen LogP contribution in [0, 0.1) is 13.7 Å². The summed E-state index contributed by atoms with van der Waals surface area (Å²) in [5.41, 5.74) is 6.51. The lowest BCUT2D eigenvalue weighted by Crippen LogP contribution is -2.05. The topological polar surface area (TPSA) is 69.2 Å². The zero-order valence-corrected chi connectivity index (χ0v) is 9.19. The highest BCUT2D eigenvalue weighted by atomic mass is 127. The van der Waals surface area contributed by atoms with Gasteiger partial charge in [0.05, 0.1) is 8.49 Å². The molecule has 0 amide bonds. The van der Waals surface area contributed by atoms with Gasteiger partial charge in [0, 0.05) is 12.1 Å². The van der Waals surface area contributed by atoms with Gasteiger partial charge in [0.25, 0.3) is 5.69 Å². The van der Waals surface area contributed by atoms with Crippen molar-refractivity contribution in [3.05, 3.63) is 37.4 Å². The van der Waals surface area contributed by atoms with Crippen molar-refractivity contribution in [3.63, 3.8) is 0 Å². The summed E-state index contributed by atoms with van der Waals surface area (Å²) in [7, 11) is 0. The summed E-state index contributed by atoms with van der Waals surface area (Å²) in [6, 6.07) is 4.86. The van der Waals surface area contributed by atoms with Crippen LogP contribution in [0.25, 0.3) is 0 Å². The Balaban J connectivity index is 3.19. The Labute approximate surface area is 89.4 Å². The average molecular weight is 292 g/mol. The van der Waals surface area contributed by atoms with Crippen LogP contribution in [0.3, 0.4) is 0 Å². The van der Waals surface area contributed by atoms with E-state index in [4.69, 9.17) is 5.73 Å². The molecule has 2 N–H and O–H groups in total. The first-order valence-electron chi connectivity index (χ1n) is 3.72. The normalized spacial score (nSPS) is 12.5. The lowest BCUT2D eigenvalue weighted by molar-refractivity contribution is -0.385. The van der Waals surface area contributed by atoms with Crippen molar-refractivity contribution in [3.8, 4) is 0 Å². The van der Waals surface area contributed by atoms with Crippen molar-refractivity contribution >= 4 is 28.3 Å². The van der Waals surface area contributed by atoms with Crippen LogP contribution in [-0.4, -0.2) is 4.92 Å². The quantitative estimate of drug-likeness (QED) is 0.516. The highest BCUT2D eigenvalue weighted by Gasteiger charge is 2.13. The Hall–Kier alpha value is -0.690. The molecule has 0 heterocycles. The van der Waals surface area contributed by atoms with Gasteiger partial charge in [0.1, 0.15) is 0 Å². The van der Waals surface area contributed by atoms with Crippen LogP contribution in [0.2, 0.25) is 0 Å². The second-order valence-electron chi connectivity index (χ2n) is 2.76. The van der Waals surface area contributed by atoms with Crippen LogP contribution in [0.1, 0.15) is 18.5 Å². The molecule has 0 aromatic heterocycles. The van der Waals surface area contributed by atoms with E-state index in [2.05, 4.69) is 0 Å². The summed E-state index contributed by atoms with van der Waals surface area (Å²) in [6.45, 7) is 1.80. The second-order valence-corrected chi connectivity index (χ2v) is 3.92. The van der Waals surface area contributed by atoms with E-state index in [0.29, 0.717) is 3.57 Å². The van der Waals surface area contributed by atoms with Gasteiger partial charge in [0.15, 0.2) is 0 Å². The molecule has 0 fully saturated rings. The number of nitrogens with two attached hydrogens (primary N) is 1. The summed E-state index contributed by atoms with van der Waals surface area (Å²) >= 11 is 1.93. The fourth-order valence-electron chi connectivity index (χ4n) is 0.953. The van der Waals surface area contributed by atoms with Crippen LogP contribution in [0.4, 0.5) is 5.69 Å². The van der Waals surface area contributed by atoms with E-state index in [1.165, 1.54) is 6.07 Å². The van der Waals surface area contributed by atoms with Crippen molar-refractivity contribution in [2.45, 2.75) is 13.0 Å². The first-order chi connectivity index (χ1) is 6.02. The zero-order valence-electron chi connectivity index (χ0n) is 7.03. The standard InChI is InChI=1S/C8H9IN2O2/c1-5(10)6-2-3-7(9)8(4-6)11(12)13/h2-5H,10H2,1H3/t5-/m1/s1. The predicted octanol–water partition coefficient (Wildman–Crippen LogP) is 2.22. The van der Waals surface area contributed by atoms with Gasteiger partial charge in [-0.15, -0.1) is 0 Å². The number of nitrogens with zero attached hydrogens (tertiary/aromatic N) is 1. The van der Waals surface area contributed by atoms with Crippen LogP contribution in [-0.2, 0) is 0 Å². The fourth-order valence-corrected chi connectivity index (χ4v) is 1.49. The fraction of sp³-hybridized carbons (Fsp3) is 0.250. The molecule has 4 nitrogen and oxygen atoms in total. The van der Waals surface area contributed by atoms with E-state index in [1.54, 1.807) is 19.1 Å². The highest BCUT2D eigenvalue weighted by Crippen LogP contribution is 2.24. The van der Waals surface area contributed by atoms with E-state index < -0.39 is 4.92 Å². The van der Waals surface area contributed by atoms with Crippen molar-refractivity contribution in [2.75, 3.05) is 0 Å². The van der Waals surface area contributed by atoms with Crippen molar-refractivity contribution in [2.24, 2.45) is 5.73 Å². The van der Waals surface area contributed by atoms with Gasteiger partial charge >= 0.3 is 0 Å². The van der Waals surface area contributed by atoms with Gasteiger partial charge in [-0.05, 0) is 41.1 Å². The summed E-state index contributed by atoms with van der Waals surface area (Å²) in [5.74, 6) is 0. The molecule has 0 aliphatic rings. The lowest BCUT2D eigenvalue weighted by atomic mass is 10.1. The second kappa shape index (κ2) is 4.01. The molecule has 0 saturated heterocycles. The number of hydrogen-bond donors (Lipinski definition) is 1.